The third-order valence-electron chi connectivity index (χ3n) is 3.40. The number of benzene rings is 1. The maximum Gasteiger partial charge on any atom is 0.227 e. The van der Waals surface area contributed by atoms with Crippen LogP contribution in [0, 0.1) is 20.8 Å². The van der Waals surface area contributed by atoms with Crippen molar-refractivity contribution in [2.45, 2.75) is 33.6 Å². The maximum absolute atomic E-state index is 11.9. The van der Waals surface area contributed by atoms with Crippen molar-refractivity contribution in [2.75, 3.05) is 13.1 Å². The van der Waals surface area contributed by atoms with Gasteiger partial charge in [0, 0.05) is 13.1 Å². The van der Waals surface area contributed by atoms with Crippen molar-refractivity contribution in [3.63, 3.8) is 0 Å². The van der Waals surface area contributed by atoms with Gasteiger partial charge in [-0.15, -0.1) is 0 Å². The molecule has 94 valence electrons. The van der Waals surface area contributed by atoms with Gasteiger partial charge in [0.05, 0.1) is 5.92 Å². The SMILES string of the molecule is Cc1ccc(C(C)C(=O)NCCN)c(C)c1C. The number of rotatable bonds is 4. The van der Waals surface area contributed by atoms with Gasteiger partial charge in [-0.3, -0.25) is 4.79 Å². The second-order valence-corrected chi connectivity index (χ2v) is 4.52. The molecular weight excluding hydrogens is 212 g/mol. The maximum atomic E-state index is 11.9. The molecule has 1 amide bonds. The molecule has 3 N–H and O–H groups in total. The highest BCUT2D eigenvalue weighted by Gasteiger charge is 2.17. The van der Waals surface area contributed by atoms with Crippen LogP contribution in [0.5, 0.6) is 0 Å². The van der Waals surface area contributed by atoms with E-state index in [2.05, 4.69) is 32.2 Å². The summed E-state index contributed by atoms with van der Waals surface area (Å²) in [5.41, 5.74) is 10.2. The van der Waals surface area contributed by atoms with E-state index in [0.29, 0.717) is 13.1 Å². The van der Waals surface area contributed by atoms with E-state index in [1.807, 2.05) is 13.0 Å². The van der Waals surface area contributed by atoms with Crippen LogP contribution in [0.25, 0.3) is 0 Å². The van der Waals surface area contributed by atoms with Crippen LogP contribution in [0.3, 0.4) is 0 Å². The van der Waals surface area contributed by atoms with Crippen LogP contribution < -0.4 is 11.1 Å². The summed E-state index contributed by atoms with van der Waals surface area (Å²) in [6.07, 6.45) is 0. The Morgan fingerprint density at radius 2 is 1.94 bits per heavy atom. The zero-order chi connectivity index (χ0) is 13.0. The van der Waals surface area contributed by atoms with Crippen molar-refractivity contribution in [3.05, 3.63) is 34.4 Å². The summed E-state index contributed by atoms with van der Waals surface area (Å²) in [5.74, 6) is -0.0809. The van der Waals surface area contributed by atoms with Crippen molar-refractivity contribution in [2.24, 2.45) is 5.73 Å². The highest BCUT2D eigenvalue weighted by Crippen LogP contribution is 2.24. The zero-order valence-corrected chi connectivity index (χ0v) is 11.1. The van der Waals surface area contributed by atoms with Gasteiger partial charge >= 0.3 is 0 Å². The van der Waals surface area contributed by atoms with Crippen LogP contribution in [0.4, 0.5) is 0 Å². The molecule has 0 saturated heterocycles. The van der Waals surface area contributed by atoms with Crippen molar-refractivity contribution >= 4 is 5.91 Å². The minimum Gasteiger partial charge on any atom is -0.354 e. The Morgan fingerprint density at radius 3 is 2.53 bits per heavy atom. The van der Waals surface area contributed by atoms with Crippen molar-refractivity contribution in [1.29, 1.82) is 0 Å². The Balaban J connectivity index is 2.93. The van der Waals surface area contributed by atoms with Crippen LogP contribution >= 0.6 is 0 Å². The number of carbonyl (C=O) groups excluding carboxylic acids is 1. The number of hydrogen-bond acceptors (Lipinski definition) is 2. The fraction of sp³-hybridized carbons (Fsp3) is 0.500. The molecule has 3 heteroatoms. The van der Waals surface area contributed by atoms with Gasteiger partial charge in [0.2, 0.25) is 5.91 Å². The molecule has 3 nitrogen and oxygen atoms in total. The fourth-order valence-electron chi connectivity index (χ4n) is 1.94. The number of nitrogens with one attached hydrogen (secondary N) is 1. The second kappa shape index (κ2) is 5.82. The van der Waals surface area contributed by atoms with E-state index >= 15 is 0 Å². The molecule has 0 heterocycles. The topological polar surface area (TPSA) is 55.1 Å². The predicted octanol–water partition coefficient (Wildman–Crippen LogP) is 1.79. The number of nitrogens with two attached hydrogens (primary N) is 1. The molecule has 0 spiro atoms. The summed E-state index contributed by atoms with van der Waals surface area (Å²) in [6.45, 7) is 9.20. The first kappa shape index (κ1) is 13.7. The minimum atomic E-state index is -0.124. The first-order valence-electron chi connectivity index (χ1n) is 6.03. The number of carbonyl (C=O) groups is 1. The summed E-state index contributed by atoms with van der Waals surface area (Å²) >= 11 is 0. The van der Waals surface area contributed by atoms with Crippen molar-refractivity contribution in [3.8, 4) is 0 Å². The van der Waals surface area contributed by atoms with Gasteiger partial charge in [0.1, 0.15) is 0 Å². The quantitative estimate of drug-likeness (QED) is 0.834. The lowest BCUT2D eigenvalue weighted by molar-refractivity contribution is -0.122. The van der Waals surface area contributed by atoms with Gasteiger partial charge < -0.3 is 11.1 Å². The van der Waals surface area contributed by atoms with Gasteiger partial charge in [-0.2, -0.15) is 0 Å². The lowest BCUT2D eigenvalue weighted by Crippen LogP contribution is -2.32. The Kier molecular flexibility index (Phi) is 4.70. The summed E-state index contributed by atoms with van der Waals surface area (Å²) in [6, 6.07) is 4.12. The first-order valence-corrected chi connectivity index (χ1v) is 6.03. The van der Waals surface area contributed by atoms with Gasteiger partial charge in [-0.25, -0.2) is 0 Å². The van der Waals surface area contributed by atoms with Crippen LogP contribution in [0.1, 0.15) is 35.1 Å². The van der Waals surface area contributed by atoms with Gasteiger partial charge in [0.15, 0.2) is 0 Å². The van der Waals surface area contributed by atoms with Gasteiger partial charge in [-0.1, -0.05) is 12.1 Å². The van der Waals surface area contributed by atoms with E-state index in [0.717, 1.165) is 5.56 Å². The van der Waals surface area contributed by atoms with Crippen LogP contribution in [-0.4, -0.2) is 19.0 Å². The van der Waals surface area contributed by atoms with E-state index in [1.165, 1.54) is 16.7 Å². The lowest BCUT2D eigenvalue weighted by atomic mass is 9.91. The van der Waals surface area contributed by atoms with Crippen molar-refractivity contribution < 1.29 is 4.79 Å². The molecular formula is C14H22N2O. The van der Waals surface area contributed by atoms with Gasteiger partial charge in [-0.05, 0) is 49.9 Å². The highest BCUT2D eigenvalue weighted by atomic mass is 16.1. The number of aryl methyl sites for hydroxylation is 1. The standard InChI is InChI=1S/C14H22N2O/c1-9-5-6-13(11(3)10(9)2)12(4)14(17)16-8-7-15/h5-6,12H,7-8,15H2,1-4H3,(H,16,17). The summed E-state index contributed by atoms with van der Waals surface area (Å²) in [5, 5.41) is 2.83. The molecule has 17 heavy (non-hydrogen) atoms. The molecule has 1 aromatic rings. The first-order chi connectivity index (χ1) is 7.99. The zero-order valence-electron chi connectivity index (χ0n) is 11.1. The molecule has 0 aromatic heterocycles. The summed E-state index contributed by atoms with van der Waals surface area (Å²) < 4.78 is 0. The Labute approximate surface area is 103 Å². The fourth-order valence-corrected chi connectivity index (χ4v) is 1.94. The van der Waals surface area contributed by atoms with E-state index in [9.17, 15) is 4.79 Å². The number of hydrogen-bond donors (Lipinski definition) is 2. The van der Waals surface area contributed by atoms with E-state index < -0.39 is 0 Å². The minimum absolute atomic E-state index is 0.0433. The van der Waals surface area contributed by atoms with Crippen LogP contribution in [0.15, 0.2) is 12.1 Å². The normalized spacial score (nSPS) is 12.3. The molecule has 0 aliphatic carbocycles. The number of amides is 1. The average Bonchev–Trinajstić information content (AvgIpc) is 2.32. The summed E-state index contributed by atoms with van der Waals surface area (Å²) in [4.78, 5) is 11.9. The average molecular weight is 234 g/mol. The van der Waals surface area contributed by atoms with Crippen molar-refractivity contribution in [1.82, 2.24) is 5.32 Å². The molecule has 1 aromatic carbocycles. The molecule has 1 rings (SSSR count). The molecule has 0 radical (unpaired) electrons. The second-order valence-electron chi connectivity index (χ2n) is 4.52. The highest BCUT2D eigenvalue weighted by molar-refractivity contribution is 5.83. The molecule has 0 fully saturated rings. The lowest BCUT2D eigenvalue weighted by Gasteiger charge is -2.17. The van der Waals surface area contributed by atoms with Gasteiger partial charge in [0.25, 0.3) is 0 Å². The Bertz CT molecular complexity index is 413. The molecule has 0 saturated carbocycles. The third kappa shape index (κ3) is 3.07. The third-order valence-corrected chi connectivity index (χ3v) is 3.40. The van der Waals surface area contributed by atoms with E-state index in [4.69, 9.17) is 5.73 Å². The molecule has 0 aliphatic rings. The molecule has 0 bridgehead atoms. The molecule has 1 atom stereocenters. The van der Waals surface area contributed by atoms with E-state index in [1.54, 1.807) is 0 Å². The predicted molar refractivity (Wildman–Crippen MR) is 71.1 cm³/mol. The Hall–Kier alpha value is -1.35. The monoisotopic (exact) mass is 234 g/mol. The summed E-state index contributed by atoms with van der Waals surface area (Å²) in [7, 11) is 0. The Morgan fingerprint density at radius 1 is 1.29 bits per heavy atom. The molecule has 1 unspecified atom stereocenters. The van der Waals surface area contributed by atoms with Crippen LogP contribution in [-0.2, 0) is 4.79 Å². The van der Waals surface area contributed by atoms with E-state index in [-0.39, 0.29) is 11.8 Å². The van der Waals surface area contributed by atoms with Crippen LogP contribution in [0.2, 0.25) is 0 Å². The largest absolute Gasteiger partial charge is 0.354 e. The molecule has 0 aliphatic heterocycles. The smallest absolute Gasteiger partial charge is 0.227 e.